The zero-order chi connectivity index (χ0) is 6.16. The summed E-state index contributed by atoms with van der Waals surface area (Å²) in [4.78, 5) is 0. The van der Waals surface area contributed by atoms with Crippen LogP contribution in [0.25, 0.3) is 0 Å². The molecule has 2 aliphatic rings. The summed E-state index contributed by atoms with van der Waals surface area (Å²) in [5.74, 6) is 2.96. The minimum atomic E-state index is 0.864. The van der Waals surface area contributed by atoms with Crippen molar-refractivity contribution in [3.05, 3.63) is 0 Å². The lowest BCUT2D eigenvalue weighted by Crippen LogP contribution is -2.37. The van der Waals surface area contributed by atoms with Crippen LogP contribution in [0.2, 0.25) is 0 Å². The molecule has 0 nitrogen and oxygen atoms in total. The Bertz CT molecular complexity index is 97.1. The molecule has 0 N–H and O–H groups in total. The van der Waals surface area contributed by atoms with Gasteiger partial charge in [-0.15, -0.1) is 0 Å². The maximum absolute atomic E-state index is 2.14. The Labute approximate surface area is 61.4 Å². The highest BCUT2D eigenvalue weighted by atomic mass is 32.2. The van der Waals surface area contributed by atoms with Gasteiger partial charge in [0.1, 0.15) is 0 Å². The summed E-state index contributed by atoms with van der Waals surface area (Å²) >= 11 is 2.14. The Morgan fingerprint density at radius 2 is 1.56 bits per heavy atom. The molecule has 0 aromatic rings. The summed E-state index contributed by atoms with van der Waals surface area (Å²) in [7, 11) is 0. The molecule has 0 atom stereocenters. The largest absolute Gasteiger partial charge is 0.161 e. The molecule has 2 fully saturated rings. The Morgan fingerprint density at radius 3 is 1.89 bits per heavy atom. The quantitative estimate of drug-likeness (QED) is 0.501. The predicted octanol–water partition coefficient (Wildman–Crippen LogP) is 2.68. The summed E-state index contributed by atoms with van der Waals surface area (Å²) in [6, 6.07) is 0. The fraction of sp³-hybridized carbons (Fsp3) is 1.00. The first kappa shape index (κ1) is 6.09. The average molecular weight is 142 g/mol. The van der Waals surface area contributed by atoms with Crippen LogP contribution in [0.5, 0.6) is 0 Å². The van der Waals surface area contributed by atoms with E-state index in [9.17, 15) is 0 Å². The van der Waals surface area contributed by atoms with E-state index in [1.165, 1.54) is 30.8 Å². The summed E-state index contributed by atoms with van der Waals surface area (Å²) in [6.45, 7) is 0. The Morgan fingerprint density at radius 1 is 0.889 bits per heavy atom. The van der Waals surface area contributed by atoms with Crippen LogP contribution >= 0.6 is 11.8 Å². The third kappa shape index (κ3) is 1.000. The van der Waals surface area contributed by atoms with Gasteiger partial charge >= 0.3 is 0 Å². The highest BCUT2D eigenvalue weighted by Crippen LogP contribution is 2.48. The van der Waals surface area contributed by atoms with Gasteiger partial charge in [0.2, 0.25) is 0 Å². The molecule has 1 heteroatoms. The van der Waals surface area contributed by atoms with Crippen molar-refractivity contribution in [1.82, 2.24) is 0 Å². The highest BCUT2D eigenvalue weighted by Gasteiger charge is 2.38. The molecule has 1 saturated heterocycles. The van der Waals surface area contributed by atoms with E-state index in [4.69, 9.17) is 0 Å². The molecule has 1 saturated carbocycles. The average Bonchev–Trinajstić information content (AvgIpc) is 1.87. The normalized spacial score (nSPS) is 32.0. The number of hydrogen-bond donors (Lipinski definition) is 0. The minimum absolute atomic E-state index is 0.864. The third-order valence-electron chi connectivity index (χ3n) is 2.73. The Balaban J connectivity index is 1.93. The maximum Gasteiger partial charge on any atom is -0.000269 e. The summed E-state index contributed by atoms with van der Waals surface area (Å²) < 4.78 is 0. The van der Waals surface area contributed by atoms with Gasteiger partial charge < -0.3 is 0 Å². The molecule has 1 aliphatic heterocycles. The second kappa shape index (κ2) is 2.19. The van der Waals surface area contributed by atoms with Gasteiger partial charge in [0, 0.05) is 0 Å². The van der Waals surface area contributed by atoms with Crippen molar-refractivity contribution < 1.29 is 0 Å². The molecule has 1 heterocycles. The fourth-order valence-corrected chi connectivity index (χ4v) is 3.34. The smallest absolute Gasteiger partial charge is 0.000269 e. The van der Waals surface area contributed by atoms with Crippen molar-refractivity contribution in [2.45, 2.75) is 32.1 Å². The summed E-state index contributed by atoms with van der Waals surface area (Å²) in [5.41, 5.74) is 0.864. The van der Waals surface area contributed by atoms with Crippen LogP contribution in [0.4, 0.5) is 0 Å². The maximum atomic E-state index is 2.14. The lowest BCUT2D eigenvalue weighted by atomic mass is 9.76. The Kier molecular flexibility index (Phi) is 1.48. The third-order valence-corrected chi connectivity index (χ3v) is 4.36. The van der Waals surface area contributed by atoms with E-state index in [0.717, 1.165) is 5.41 Å². The van der Waals surface area contributed by atoms with E-state index < -0.39 is 0 Å². The van der Waals surface area contributed by atoms with Gasteiger partial charge in [0.05, 0.1) is 0 Å². The van der Waals surface area contributed by atoms with E-state index in [2.05, 4.69) is 11.8 Å². The van der Waals surface area contributed by atoms with Gasteiger partial charge in [-0.05, 0) is 29.8 Å². The van der Waals surface area contributed by atoms with Crippen molar-refractivity contribution in [3.63, 3.8) is 0 Å². The van der Waals surface area contributed by atoms with Crippen molar-refractivity contribution >= 4 is 11.8 Å². The van der Waals surface area contributed by atoms with E-state index in [1.54, 1.807) is 12.8 Å². The second-order valence-corrected chi connectivity index (χ2v) is 4.54. The zero-order valence-electron chi connectivity index (χ0n) is 5.86. The first-order chi connectivity index (χ1) is 4.41. The van der Waals surface area contributed by atoms with Crippen molar-refractivity contribution in [2.75, 3.05) is 11.5 Å². The van der Waals surface area contributed by atoms with Gasteiger partial charge in [-0.3, -0.25) is 0 Å². The van der Waals surface area contributed by atoms with Crippen LogP contribution in [0.1, 0.15) is 32.1 Å². The SMILES string of the molecule is C1CCC2(CC1)CSC2. The molecular formula is C8H14S. The van der Waals surface area contributed by atoms with E-state index in [1.807, 2.05) is 0 Å². The fourth-order valence-electron chi connectivity index (χ4n) is 1.98. The molecule has 0 radical (unpaired) electrons. The highest BCUT2D eigenvalue weighted by molar-refractivity contribution is 8.00. The summed E-state index contributed by atoms with van der Waals surface area (Å²) in [5, 5.41) is 0. The van der Waals surface area contributed by atoms with Gasteiger partial charge in [0.25, 0.3) is 0 Å². The van der Waals surface area contributed by atoms with Gasteiger partial charge in [0.15, 0.2) is 0 Å². The first-order valence-electron chi connectivity index (χ1n) is 3.99. The second-order valence-electron chi connectivity index (χ2n) is 3.55. The van der Waals surface area contributed by atoms with Crippen molar-refractivity contribution in [3.8, 4) is 0 Å². The molecule has 0 aromatic carbocycles. The Hall–Kier alpha value is 0.350. The van der Waals surface area contributed by atoms with E-state index in [0.29, 0.717) is 0 Å². The lowest BCUT2D eigenvalue weighted by Gasteiger charge is -2.44. The molecule has 1 aliphatic carbocycles. The zero-order valence-corrected chi connectivity index (χ0v) is 6.67. The monoisotopic (exact) mass is 142 g/mol. The van der Waals surface area contributed by atoms with Crippen molar-refractivity contribution in [1.29, 1.82) is 0 Å². The predicted molar refractivity (Wildman–Crippen MR) is 42.8 cm³/mol. The molecule has 9 heavy (non-hydrogen) atoms. The molecule has 0 bridgehead atoms. The van der Waals surface area contributed by atoms with E-state index in [-0.39, 0.29) is 0 Å². The standard InChI is InChI=1S/C8H14S/c1-2-4-8(5-3-1)6-9-7-8/h1-7H2. The molecule has 0 amide bonds. The first-order valence-corrected chi connectivity index (χ1v) is 5.15. The van der Waals surface area contributed by atoms with Crippen LogP contribution < -0.4 is 0 Å². The summed E-state index contributed by atoms with van der Waals surface area (Å²) in [6.07, 6.45) is 7.62. The number of rotatable bonds is 0. The van der Waals surface area contributed by atoms with Crippen LogP contribution in [0.15, 0.2) is 0 Å². The topological polar surface area (TPSA) is 0 Å². The molecule has 2 rings (SSSR count). The van der Waals surface area contributed by atoms with Gasteiger partial charge in [-0.25, -0.2) is 0 Å². The van der Waals surface area contributed by atoms with Gasteiger partial charge in [-0.2, -0.15) is 11.8 Å². The van der Waals surface area contributed by atoms with Crippen molar-refractivity contribution in [2.24, 2.45) is 5.41 Å². The van der Waals surface area contributed by atoms with E-state index >= 15 is 0 Å². The molecule has 52 valence electrons. The minimum Gasteiger partial charge on any atom is -0.161 e. The number of hydrogen-bond acceptors (Lipinski definition) is 1. The van der Waals surface area contributed by atoms with Crippen LogP contribution in [0, 0.1) is 5.41 Å². The molecule has 0 aromatic heterocycles. The molecular weight excluding hydrogens is 128 g/mol. The van der Waals surface area contributed by atoms with Crippen LogP contribution in [-0.4, -0.2) is 11.5 Å². The van der Waals surface area contributed by atoms with Crippen LogP contribution in [-0.2, 0) is 0 Å². The molecule has 0 unspecified atom stereocenters. The lowest BCUT2D eigenvalue weighted by molar-refractivity contribution is 0.241. The van der Waals surface area contributed by atoms with Crippen LogP contribution in [0.3, 0.4) is 0 Å². The number of thioether (sulfide) groups is 1. The molecule has 1 spiro atoms. The van der Waals surface area contributed by atoms with Gasteiger partial charge in [-0.1, -0.05) is 19.3 Å².